The van der Waals surface area contributed by atoms with E-state index < -0.39 is 0 Å². The van der Waals surface area contributed by atoms with Crippen LogP contribution in [0.4, 0.5) is 5.82 Å². The van der Waals surface area contributed by atoms with Crippen LogP contribution in [0, 0.1) is 12.8 Å². The standard InChI is InChI=1S/C20H28N4OS/c1-14(2)19-22-15(3)13-18(23-19)24-10-7-16(8-11-24)20(25)21-9-6-17-5-4-12-26-17/h4-5,12-14,16H,6-11H2,1-3H3,(H,21,25). The molecule has 0 bridgehead atoms. The molecule has 1 amide bonds. The highest BCUT2D eigenvalue weighted by atomic mass is 32.1. The number of rotatable bonds is 6. The summed E-state index contributed by atoms with van der Waals surface area (Å²) in [5.41, 5.74) is 1.01. The number of carbonyl (C=O) groups excluding carboxylic acids is 1. The highest BCUT2D eigenvalue weighted by Gasteiger charge is 2.25. The highest BCUT2D eigenvalue weighted by molar-refractivity contribution is 7.09. The molecule has 6 heteroatoms. The Bertz CT molecular complexity index is 721. The van der Waals surface area contributed by atoms with Crippen LogP contribution in [0.15, 0.2) is 23.6 Å². The lowest BCUT2D eigenvalue weighted by atomic mass is 9.96. The summed E-state index contributed by atoms with van der Waals surface area (Å²) in [6.45, 7) is 8.72. The lowest BCUT2D eigenvalue weighted by Crippen LogP contribution is -2.41. The third-order valence-electron chi connectivity index (χ3n) is 4.81. The molecule has 1 aliphatic heterocycles. The van der Waals surface area contributed by atoms with Crippen molar-refractivity contribution in [2.24, 2.45) is 5.92 Å². The zero-order chi connectivity index (χ0) is 18.5. The Labute approximate surface area is 159 Å². The number of nitrogens with zero attached hydrogens (tertiary/aromatic N) is 3. The van der Waals surface area contributed by atoms with Crippen LogP contribution in [0.1, 0.15) is 49.0 Å². The van der Waals surface area contributed by atoms with E-state index in [4.69, 9.17) is 4.98 Å². The number of aromatic nitrogens is 2. The monoisotopic (exact) mass is 372 g/mol. The topological polar surface area (TPSA) is 58.1 Å². The highest BCUT2D eigenvalue weighted by Crippen LogP contribution is 2.24. The van der Waals surface area contributed by atoms with Crippen molar-refractivity contribution in [1.29, 1.82) is 0 Å². The molecule has 0 aliphatic carbocycles. The maximum atomic E-state index is 12.4. The first-order valence-corrected chi connectivity index (χ1v) is 10.3. The van der Waals surface area contributed by atoms with Gasteiger partial charge in [-0.1, -0.05) is 19.9 Å². The van der Waals surface area contributed by atoms with Crippen molar-refractivity contribution in [3.63, 3.8) is 0 Å². The Morgan fingerprint density at radius 1 is 1.35 bits per heavy atom. The van der Waals surface area contributed by atoms with Crippen LogP contribution >= 0.6 is 11.3 Å². The molecule has 2 aromatic heterocycles. The third kappa shape index (κ3) is 4.81. The van der Waals surface area contributed by atoms with Crippen molar-refractivity contribution < 1.29 is 4.79 Å². The fourth-order valence-electron chi connectivity index (χ4n) is 3.27. The van der Waals surface area contributed by atoms with Crippen LogP contribution < -0.4 is 10.2 Å². The van der Waals surface area contributed by atoms with Crippen molar-refractivity contribution in [3.05, 3.63) is 40.0 Å². The number of carbonyl (C=O) groups is 1. The summed E-state index contributed by atoms with van der Waals surface area (Å²) < 4.78 is 0. The van der Waals surface area contributed by atoms with Crippen molar-refractivity contribution in [2.45, 2.75) is 46.0 Å². The van der Waals surface area contributed by atoms with Gasteiger partial charge in [-0.15, -0.1) is 11.3 Å². The molecular weight excluding hydrogens is 344 g/mol. The second kappa shape index (κ2) is 8.62. The summed E-state index contributed by atoms with van der Waals surface area (Å²) in [7, 11) is 0. The smallest absolute Gasteiger partial charge is 0.223 e. The van der Waals surface area contributed by atoms with Crippen molar-refractivity contribution in [1.82, 2.24) is 15.3 Å². The predicted octanol–water partition coefficient (Wildman–Crippen LogP) is 3.55. The van der Waals surface area contributed by atoms with E-state index in [9.17, 15) is 4.79 Å². The lowest BCUT2D eigenvalue weighted by molar-refractivity contribution is -0.125. The zero-order valence-corrected chi connectivity index (χ0v) is 16.7. The summed E-state index contributed by atoms with van der Waals surface area (Å²) in [5, 5.41) is 5.18. The number of aryl methyl sites for hydroxylation is 1. The van der Waals surface area contributed by atoms with E-state index in [0.29, 0.717) is 5.92 Å². The molecule has 1 saturated heterocycles. The van der Waals surface area contributed by atoms with E-state index in [1.54, 1.807) is 11.3 Å². The van der Waals surface area contributed by atoms with Crippen LogP contribution in [0.5, 0.6) is 0 Å². The SMILES string of the molecule is Cc1cc(N2CCC(C(=O)NCCc3cccs3)CC2)nc(C(C)C)n1. The number of nitrogens with one attached hydrogen (secondary N) is 1. The molecule has 5 nitrogen and oxygen atoms in total. The Morgan fingerprint density at radius 2 is 2.12 bits per heavy atom. The molecule has 26 heavy (non-hydrogen) atoms. The van der Waals surface area contributed by atoms with Gasteiger partial charge in [0, 0.05) is 48.1 Å². The van der Waals surface area contributed by atoms with Crippen LogP contribution in [0.3, 0.4) is 0 Å². The second-order valence-electron chi connectivity index (χ2n) is 7.26. The first-order valence-electron chi connectivity index (χ1n) is 9.43. The third-order valence-corrected chi connectivity index (χ3v) is 5.75. The first-order chi connectivity index (χ1) is 12.5. The van der Waals surface area contributed by atoms with Crippen LogP contribution in [-0.4, -0.2) is 35.5 Å². The van der Waals surface area contributed by atoms with Gasteiger partial charge in [-0.3, -0.25) is 4.79 Å². The fraction of sp³-hybridized carbons (Fsp3) is 0.550. The fourth-order valence-corrected chi connectivity index (χ4v) is 3.98. The molecule has 0 spiro atoms. The lowest BCUT2D eigenvalue weighted by Gasteiger charge is -2.32. The van der Waals surface area contributed by atoms with Crippen molar-refractivity contribution in [3.8, 4) is 0 Å². The molecule has 3 rings (SSSR count). The zero-order valence-electron chi connectivity index (χ0n) is 15.9. The Morgan fingerprint density at radius 3 is 2.77 bits per heavy atom. The molecule has 140 valence electrons. The minimum atomic E-state index is 0.113. The molecule has 1 N–H and O–H groups in total. The van der Waals surface area contributed by atoms with Gasteiger partial charge in [-0.2, -0.15) is 0 Å². The van der Waals surface area contributed by atoms with E-state index in [0.717, 1.165) is 56.2 Å². The number of hydrogen-bond acceptors (Lipinski definition) is 5. The quantitative estimate of drug-likeness (QED) is 0.842. The maximum absolute atomic E-state index is 12.4. The van der Waals surface area contributed by atoms with Gasteiger partial charge >= 0.3 is 0 Å². The molecule has 1 fully saturated rings. The summed E-state index contributed by atoms with van der Waals surface area (Å²) in [6, 6.07) is 6.22. The van der Waals surface area contributed by atoms with Gasteiger partial charge in [0.15, 0.2) is 0 Å². The van der Waals surface area contributed by atoms with Gasteiger partial charge in [-0.25, -0.2) is 9.97 Å². The number of thiophene rings is 1. The molecule has 1 aliphatic rings. The number of amides is 1. The summed E-state index contributed by atoms with van der Waals surface area (Å²) in [6.07, 6.45) is 2.68. The van der Waals surface area contributed by atoms with E-state index in [2.05, 4.69) is 46.6 Å². The number of hydrogen-bond donors (Lipinski definition) is 1. The van der Waals surface area contributed by atoms with Crippen LogP contribution in [-0.2, 0) is 11.2 Å². The second-order valence-corrected chi connectivity index (χ2v) is 8.29. The molecule has 0 radical (unpaired) electrons. The minimum Gasteiger partial charge on any atom is -0.356 e. The van der Waals surface area contributed by atoms with Crippen molar-refractivity contribution >= 4 is 23.1 Å². The van der Waals surface area contributed by atoms with E-state index in [1.807, 2.05) is 13.0 Å². The average molecular weight is 373 g/mol. The van der Waals surface area contributed by atoms with Gasteiger partial charge in [0.25, 0.3) is 0 Å². The maximum Gasteiger partial charge on any atom is 0.223 e. The largest absolute Gasteiger partial charge is 0.356 e. The molecule has 2 aromatic rings. The number of piperidine rings is 1. The van der Waals surface area contributed by atoms with Crippen LogP contribution in [0.2, 0.25) is 0 Å². The van der Waals surface area contributed by atoms with Gasteiger partial charge < -0.3 is 10.2 Å². The van der Waals surface area contributed by atoms with E-state index in [1.165, 1.54) is 4.88 Å². The minimum absolute atomic E-state index is 0.113. The molecule has 0 unspecified atom stereocenters. The predicted molar refractivity (Wildman–Crippen MR) is 107 cm³/mol. The average Bonchev–Trinajstić information content (AvgIpc) is 3.14. The molecule has 0 atom stereocenters. The Kier molecular flexibility index (Phi) is 6.25. The Balaban J connectivity index is 1.50. The molecule has 3 heterocycles. The van der Waals surface area contributed by atoms with Crippen LogP contribution in [0.25, 0.3) is 0 Å². The van der Waals surface area contributed by atoms with Crippen molar-refractivity contribution in [2.75, 3.05) is 24.5 Å². The summed E-state index contributed by atoms with van der Waals surface area (Å²) >= 11 is 1.74. The first kappa shape index (κ1) is 18.8. The summed E-state index contributed by atoms with van der Waals surface area (Å²) in [4.78, 5) is 25.3. The van der Waals surface area contributed by atoms with E-state index >= 15 is 0 Å². The summed E-state index contributed by atoms with van der Waals surface area (Å²) in [5.74, 6) is 2.52. The van der Waals surface area contributed by atoms with Gasteiger partial charge in [0.2, 0.25) is 5.91 Å². The molecular formula is C20H28N4OS. The van der Waals surface area contributed by atoms with Gasteiger partial charge in [0.1, 0.15) is 11.6 Å². The normalized spacial score (nSPS) is 15.5. The van der Waals surface area contributed by atoms with Gasteiger partial charge in [-0.05, 0) is 37.6 Å². The number of anilines is 1. The Hall–Kier alpha value is -1.95. The molecule has 0 saturated carbocycles. The van der Waals surface area contributed by atoms with Gasteiger partial charge in [0.05, 0.1) is 0 Å². The van der Waals surface area contributed by atoms with E-state index in [-0.39, 0.29) is 11.8 Å². The molecule has 0 aromatic carbocycles.